The van der Waals surface area contributed by atoms with Gasteiger partial charge in [0.05, 0.1) is 17.9 Å². The van der Waals surface area contributed by atoms with E-state index < -0.39 is 0 Å². The van der Waals surface area contributed by atoms with Gasteiger partial charge in [-0.25, -0.2) is 4.79 Å². The Kier molecular flexibility index (Phi) is 5.20. The molecule has 28 heavy (non-hydrogen) atoms. The Morgan fingerprint density at radius 2 is 1.61 bits per heavy atom. The molecule has 1 aliphatic heterocycles. The number of hydrogen-bond acceptors (Lipinski definition) is 4. The maximum absolute atomic E-state index is 11.7. The van der Waals surface area contributed by atoms with Crippen molar-refractivity contribution in [2.45, 2.75) is 20.0 Å². The van der Waals surface area contributed by atoms with E-state index in [4.69, 9.17) is 4.74 Å². The van der Waals surface area contributed by atoms with Gasteiger partial charge in [-0.2, -0.15) is 0 Å². The van der Waals surface area contributed by atoms with Crippen LogP contribution in [0.5, 0.6) is 0 Å². The quantitative estimate of drug-likeness (QED) is 0.462. The summed E-state index contributed by atoms with van der Waals surface area (Å²) in [5.41, 5.74) is 6.39. The summed E-state index contributed by atoms with van der Waals surface area (Å²) in [7, 11) is 0. The second-order valence-corrected chi connectivity index (χ2v) is 6.74. The van der Waals surface area contributed by atoms with Crippen molar-refractivity contribution in [1.82, 2.24) is 0 Å². The van der Waals surface area contributed by atoms with E-state index in [1.165, 1.54) is 16.8 Å². The molecule has 3 aromatic carbocycles. The van der Waals surface area contributed by atoms with Crippen molar-refractivity contribution in [3.63, 3.8) is 0 Å². The molecule has 0 atom stereocenters. The molecule has 0 spiro atoms. The van der Waals surface area contributed by atoms with Crippen LogP contribution in [0.2, 0.25) is 0 Å². The zero-order valence-electron chi connectivity index (χ0n) is 15.8. The van der Waals surface area contributed by atoms with Gasteiger partial charge in [0.1, 0.15) is 0 Å². The largest absolute Gasteiger partial charge is 0.462 e. The summed E-state index contributed by atoms with van der Waals surface area (Å²) in [6.07, 6.45) is 1.84. The maximum Gasteiger partial charge on any atom is 0.338 e. The first-order chi connectivity index (χ1) is 13.7. The Balaban J connectivity index is 1.40. The van der Waals surface area contributed by atoms with E-state index in [0.717, 1.165) is 24.3 Å². The minimum atomic E-state index is -0.308. The number of esters is 1. The van der Waals surface area contributed by atoms with Crippen LogP contribution in [0, 0.1) is 0 Å². The summed E-state index contributed by atoms with van der Waals surface area (Å²) in [4.78, 5) is 18.6. The monoisotopic (exact) mass is 370 g/mol. The molecule has 0 aliphatic carbocycles. The topological polar surface area (TPSA) is 41.9 Å². The first kappa shape index (κ1) is 18.0. The molecule has 0 bridgehead atoms. The van der Waals surface area contributed by atoms with Gasteiger partial charge in [-0.3, -0.25) is 4.99 Å². The minimum Gasteiger partial charge on any atom is -0.462 e. The van der Waals surface area contributed by atoms with Crippen molar-refractivity contribution in [2.75, 3.05) is 11.5 Å². The Bertz CT molecular complexity index is 967. The van der Waals surface area contributed by atoms with Crippen molar-refractivity contribution in [2.24, 2.45) is 4.99 Å². The van der Waals surface area contributed by atoms with E-state index in [2.05, 4.69) is 58.4 Å². The molecule has 0 aromatic heterocycles. The summed E-state index contributed by atoms with van der Waals surface area (Å²) in [6.45, 7) is 4.08. The summed E-state index contributed by atoms with van der Waals surface area (Å²) in [5, 5.41) is 0. The van der Waals surface area contributed by atoms with Gasteiger partial charge in [-0.05, 0) is 60.0 Å². The highest BCUT2D eigenvalue weighted by Gasteiger charge is 2.18. The van der Waals surface area contributed by atoms with Gasteiger partial charge in [-0.15, -0.1) is 0 Å². The highest BCUT2D eigenvalue weighted by Crippen LogP contribution is 2.28. The lowest BCUT2D eigenvalue weighted by Crippen LogP contribution is -2.14. The van der Waals surface area contributed by atoms with Gasteiger partial charge in [0.2, 0.25) is 0 Å². The lowest BCUT2D eigenvalue weighted by Gasteiger charge is -2.17. The lowest BCUT2D eigenvalue weighted by molar-refractivity contribution is 0.0526. The number of fused-ring (bicyclic) bond motifs is 1. The fourth-order valence-electron chi connectivity index (χ4n) is 3.33. The maximum atomic E-state index is 11.7. The Morgan fingerprint density at radius 1 is 0.964 bits per heavy atom. The molecule has 0 saturated heterocycles. The van der Waals surface area contributed by atoms with Crippen LogP contribution in [0.4, 0.5) is 11.4 Å². The van der Waals surface area contributed by atoms with Crippen LogP contribution in [0.1, 0.15) is 34.0 Å². The number of carbonyl (C=O) groups is 1. The average Bonchev–Trinajstić information content (AvgIpc) is 3.17. The Morgan fingerprint density at radius 3 is 2.21 bits per heavy atom. The smallest absolute Gasteiger partial charge is 0.338 e. The molecule has 0 radical (unpaired) electrons. The molecule has 0 saturated carbocycles. The van der Waals surface area contributed by atoms with E-state index in [0.29, 0.717) is 12.2 Å². The lowest BCUT2D eigenvalue weighted by atomic mass is 10.1. The summed E-state index contributed by atoms with van der Waals surface area (Å²) >= 11 is 0. The molecule has 1 heterocycles. The number of aliphatic imine (C=N–C) groups is 1. The van der Waals surface area contributed by atoms with E-state index in [1.54, 1.807) is 19.1 Å². The number of ether oxygens (including phenoxy) is 1. The van der Waals surface area contributed by atoms with E-state index >= 15 is 0 Å². The summed E-state index contributed by atoms with van der Waals surface area (Å²) in [6, 6.07) is 24.1. The van der Waals surface area contributed by atoms with Crippen LogP contribution in [0.25, 0.3) is 0 Å². The standard InChI is InChI=1S/C24H22N2O2/c1-2-28-24(27)19-9-11-22(12-10-19)25-15-18-7-13-23(14-8-18)26-16-20-5-3-4-6-21(20)17-26/h3-15H,2,16-17H2,1H3. The zero-order chi connectivity index (χ0) is 19.3. The number of anilines is 1. The van der Waals surface area contributed by atoms with Crippen molar-refractivity contribution < 1.29 is 9.53 Å². The Hall–Kier alpha value is -3.40. The molecule has 0 fully saturated rings. The predicted molar refractivity (Wildman–Crippen MR) is 112 cm³/mol. The third-order valence-corrected chi connectivity index (χ3v) is 4.84. The zero-order valence-corrected chi connectivity index (χ0v) is 15.8. The highest BCUT2D eigenvalue weighted by molar-refractivity contribution is 5.90. The van der Waals surface area contributed by atoms with Crippen molar-refractivity contribution in [3.8, 4) is 0 Å². The molecular formula is C24H22N2O2. The molecule has 0 unspecified atom stereocenters. The van der Waals surface area contributed by atoms with Crippen LogP contribution < -0.4 is 4.90 Å². The second kappa shape index (κ2) is 8.09. The van der Waals surface area contributed by atoms with Crippen LogP contribution in [0.15, 0.2) is 77.8 Å². The van der Waals surface area contributed by atoms with Crippen molar-refractivity contribution in [3.05, 3.63) is 95.1 Å². The van der Waals surface area contributed by atoms with Gasteiger partial charge in [-0.1, -0.05) is 36.4 Å². The molecule has 4 rings (SSSR count). The molecule has 3 aromatic rings. The van der Waals surface area contributed by atoms with Crippen LogP contribution in [-0.2, 0) is 17.8 Å². The number of nitrogens with zero attached hydrogens (tertiary/aromatic N) is 2. The van der Waals surface area contributed by atoms with E-state index in [1.807, 2.05) is 18.3 Å². The molecule has 4 nitrogen and oxygen atoms in total. The summed E-state index contributed by atoms with van der Waals surface area (Å²) in [5.74, 6) is -0.308. The first-order valence-corrected chi connectivity index (χ1v) is 9.46. The minimum absolute atomic E-state index is 0.308. The second-order valence-electron chi connectivity index (χ2n) is 6.74. The molecule has 0 amide bonds. The Labute approximate surface area is 165 Å². The number of benzene rings is 3. The van der Waals surface area contributed by atoms with Crippen molar-refractivity contribution >= 4 is 23.6 Å². The molecule has 0 N–H and O–H groups in total. The highest BCUT2D eigenvalue weighted by atomic mass is 16.5. The summed E-state index contributed by atoms with van der Waals surface area (Å²) < 4.78 is 4.99. The van der Waals surface area contributed by atoms with Crippen LogP contribution >= 0.6 is 0 Å². The number of carbonyl (C=O) groups excluding carboxylic acids is 1. The number of hydrogen-bond donors (Lipinski definition) is 0. The van der Waals surface area contributed by atoms with Gasteiger partial charge in [0.15, 0.2) is 0 Å². The normalized spacial score (nSPS) is 13.0. The third-order valence-electron chi connectivity index (χ3n) is 4.84. The van der Waals surface area contributed by atoms with Crippen LogP contribution in [-0.4, -0.2) is 18.8 Å². The van der Waals surface area contributed by atoms with Gasteiger partial charge in [0.25, 0.3) is 0 Å². The molecule has 4 heteroatoms. The SMILES string of the molecule is CCOC(=O)c1ccc(N=Cc2ccc(N3Cc4ccccc4C3)cc2)cc1. The molecule has 1 aliphatic rings. The molecule has 140 valence electrons. The predicted octanol–water partition coefficient (Wildman–Crippen LogP) is 5.13. The fourth-order valence-corrected chi connectivity index (χ4v) is 3.33. The third kappa shape index (κ3) is 3.96. The first-order valence-electron chi connectivity index (χ1n) is 9.46. The van der Waals surface area contributed by atoms with Gasteiger partial charge < -0.3 is 9.64 Å². The van der Waals surface area contributed by atoms with E-state index in [9.17, 15) is 4.79 Å². The van der Waals surface area contributed by atoms with Crippen molar-refractivity contribution in [1.29, 1.82) is 0 Å². The molecular weight excluding hydrogens is 348 g/mol. The average molecular weight is 370 g/mol. The van der Waals surface area contributed by atoms with Crippen LogP contribution in [0.3, 0.4) is 0 Å². The van der Waals surface area contributed by atoms with Gasteiger partial charge >= 0.3 is 5.97 Å². The van der Waals surface area contributed by atoms with Gasteiger partial charge in [0, 0.05) is 25.0 Å². The fraction of sp³-hybridized carbons (Fsp3) is 0.167. The van der Waals surface area contributed by atoms with E-state index in [-0.39, 0.29) is 5.97 Å². The number of rotatable bonds is 5.